The summed E-state index contributed by atoms with van der Waals surface area (Å²) in [4.78, 5) is 20.5. The fraction of sp³-hybridized carbons (Fsp3) is 0. The molecule has 0 bridgehead atoms. The molecule has 6 nitrogen and oxygen atoms in total. The van der Waals surface area contributed by atoms with Gasteiger partial charge in [0.05, 0.1) is 27.6 Å². The third kappa shape index (κ3) is 3.52. The number of hydrogen-bond acceptors (Lipinski definition) is 4. The van der Waals surface area contributed by atoms with Crippen molar-refractivity contribution in [3.8, 4) is 40.1 Å². The van der Waals surface area contributed by atoms with Crippen LogP contribution < -0.4 is 0 Å². The number of para-hydroxylation sites is 1. The van der Waals surface area contributed by atoms with Crippen molar-refractivity contribution in [3.63, 3.8) is 0 Å². The molecule has 0 atom stereocenters. The van der Waals surface area contributed by atoms with E-state index in [-0.39, 0.29) is 0 Å². The molecule has 0 aliphatic carbocycles. The molecule has 6 aromatic carbocycles. The lowest BCUT2D eigenvalue weighted by atomic mass is 10.1. The lowest BCUT2D eigenvalue weighted by Crippen LogP contribution is -2.06. The Hall–Kier alpha value is -6.40. The van der Waals surface area contributed by atoms with Crippen molar-refractivity contribution in [2.75, 3.05) is 0 Å². The summed E-state index contributed by atoms with van der Waals surface area (Å²) in [6.45, 7) is 0. The number of hydrogen-bond donors (Lipinski definition) is 0. The topological polar surface area (TPSA) is 60.9 Å². The molecule has 46 heavy (non-hydrogen) atoms. The summed E-state index contributed by atoms with van der Waals surface area (Å²) >= 11 is 0. The molecule has 0 amide bonds. The number of nitrogens with zero attached hydrogens (tertiary/aromatic N) is 6. The number of imidazole rings is 1. The maximum Gasteiger partial charge on any atom is 0.238 e. The second-order valence-electron chi connectivity index (χ2n) is 11.5. The Kier molecular flexibility index (Phi) is 5.19. The molecule has 6 heteroatoms. The molecule has 0 fully saturated rings. The summed E-state index contributed by atoms with van der Waals surface area (Å²) in [5.41, 5.74) is 8.15. The van der Waals surface area contributed by atoms with Gasteiger partial charge in [-0.2, -0.15) is 9.97 Å². The maximum absolute atomic E-state index is 5.24. The Bertz CT molecular complexity index is 2670. The first-order valence-electron chi connectivity index (χ1n) is 15.3. The van der Waals surface area contributed by atoms with Crippen molar-refractivity contribution in [2.45, 2.75) is 0 Å². The minimum atomic E-state index is 0.576. The molecular weight excluding hydrogens is 564 g/mol. The van der Waals surface area contributed by atoms with Crippen LogP contribution in [0.15, 0.2) is 146 Å². The molecule has 10 rings (SSSR count). The van der Waals surface area contributed by atoms with Crippen LogP contribution in [0, 0.1) is 0 Å². The summed E-state index contributed by atoms with van der Waals surface area (Å²) in [6.07, 6.45) is 0. The molecule has 0 aliphatic rings. The van der Waals surface area contributed by atoms with Crippen LogP contribution in [0.4, 0.5) is 0 Å². The van der Waals surface area contributed by atoms with E-state index in [1.165, 1.54) is 5.39 Å². The molecule has 0 unspecified atom stereocenters. The summed E-state index contributed by atoms with van der Waals surface area (Å²) in [5.74, 6) is 2.76. The fourth-order valence-electron chi connectivity index (χ4n) is 6.96. The average Bonchev–Trinajstić information content (AvgIpc) is 3.65. The van der Waals surface area contributed by atoms with Crippen LogP contribution in [-0.4, -0.2) is 28.9 Å². The Labute approximate surface area is 263 Å². The molecule has 0 radical (unpaired) electrons. The first-order valence-corrected chi connectivity index (χ1v) is 15.3. The van der Waals surface area contributed by atoms with Gasteiger partial charge in [-0.3, -0.25) is 8.97 Å². The smallest absolute Gasteiger partial charge is 0.238 e. The van der Waals surface area contributed by atoms with E-state index in [9.17, 15) is 0 Å². The van der Waals surface area contributed by atoms with Gasteiger partial charge < -0.3 is 0 Å². The third-order valence-electron chi connectivity index (χ3n) is 8.93. The molecule has 4 aromatic heterocycles. The highest BCUT2D eigenvalue weighted by atomic mass is 15.2. The van der Waals surface area contributed by atoms with Gasteiger partial charge in [-0.05, 0) is 29.7 Å². The molecule has 214 valence electrons. The molecule has 0 N–H and O–H groups in total. The van der Waals surface area contributed by atoms with Crippen molar-refractivity contribution in [1.82, 2.24) is 28.9 Å². The highest BCUT2D eigenvalue weighted by molar-refractivity contribution is 6.30. The second-order valence-corrected chi connectivity index (χ2v) is 11.5. The summed E-state index contributed by atoms with van der Waals surface area (Å²) in [6, 6.07) is 50.1. The van der Waals surface area contributed by atoms with Gasteiger partial charge in [-0.25, -0.2) is 9.97 Å². The predicted octanol–water partition coefficient (Wildman–Crippen LogP) is 9.36. The molecule has 10 aromatic rings. The quantitative estimate of drug-likeness (QED) is 0.206. The van der Waals surface area contributed by atoms with Crippen LogP contribution in [-0.2, 0) is 0 Å². The van der Waals surface area contributed by atoms with Gasteiger partial charge >= 0.3 is 0 Å². The summed E-state index contributed by atoms with van der Waals surface area (Å²) in [5, 5.41) is 4.63. The van der Waals surface area contributed by atoms with Gasteiger partial charge in [-0.1, -0.05) is 121 Å². The van der Waals surface area contributed by atoms with Crippen LogP contribution in [0.5, 0.6) is 0 Å². The van der Waals surface area contributed by atoms with Gasteiger partial charge in [0, 0.05) is 32.8 Å². The van der Waals surface area contributed by atoms with Crippen molar-refractivity contribution in [2.24, 2.45) is 0 Å². The van der Waals surface area contributed by atoms with Crippen molar-refractivity contribution < 1.29 is 0 Å². The Balaban J connectivity index is 1.39. The van der Waals surface area contributed by atoms with Crippen LogP contribution in [0.1, 0.15) is 0 Å². The monoisotopic (exact) mass is 588 g/mol. The third-order valence-corrected chi connectivity index (χ3v) is 8.93. The van der Waals surface area contributed by atoms with Crippen molar-refractivity contribution >= 4 is 49.1 Å². The summed E-state index contributed by atoms with van der Waals surface area (Å²) in [7, 11) is 0. The second kappa shape index (κ2) is 9.55. The number of rotatable bonds is 4. The zero-order valence-corrected chi connectivity index (χ0v) is 24.5. The Morgan fingerprint density at radius 2 is 0.957 bits per heavy atom. The minimum Gasteiger partial charge on any atom is -0.291 e. The standard InChI is InChI=1S/C40H24N6/c1-4-13-25(14-5-1)37-42-38(26-15-6-2-7-16-26)44-40(43-37)45-32-22-12-20-29-28-19-10-11-21-31(28)46-36-30(23-24-33(45)35(36)34(29)32)41-39(46)27-17-8-3-9-18-27/h1-24H. The van der Waals surface area contributed by atoms with E-state index < -0.39 is 0 Å². The Morgan fingerprint density at radius 1 is 0.391 bits per heavy atom. The van der Waals surface area contributed by atoms with E-state index in [1.807, 2.05) is 66.7 Å². The van der Waals surface area contributed by atoms with Gasteiger partial charge in [0.2, 0.25) is 5.95 Å². The average molecular weight is 589 g/mol. The SMILES string of the molecule is c1ccc(-c2nc(-c3ccccc3)nc(-n3c4cccc5c6ccccc6n6c(-c7ccccc7)nc7ccc3c(c54)c76)n2)cc1. The zero-order chi connectivity index (χ0) is 30.2. The normalized spacial score (nSPS) is 11.9. The van der Waals surface area contributed by atoms with Gasteiger partial charge in [0.15, 0.2) is 11.6 Å². The van der Waals surface area contributed by atoms with Crippen molar-refractivity contribution in [3.05, 3.63) is 146 Å². The number of fused-ring (bicyclic) bond motifs is 3. The first-order chi connectivity index (χ1) is 22.8. The predicted molar refractivity (Wildman–Crippen MR) is 185 cm³/mol. The van der Waals surface area contributed by atoms with Gasteiger partial charge in [-0.15, -0.1) is 0 Å². The molecule has 0 saturated heterocycles. The highest BCUT2D eigenvalue weighted by Gasteiger charge is 2.25. The van der Waals surface area contributed by atoms with Crippen LogP contribution in [0.3, 0.4) is 0 Å². The molecule has 0 aliphatic heterocycles. The lowest BCUT2D eigenvalue weighted by Gasteiger charge is -2.11. The fourth-order valence-corrected chi connectivity index (χ4v) is 6.96. The summed E-state index contributed by atoms with van der Waals surface area (Å²) < 4.78 is 4.53. The number of aromatic nitrogens is 6. The largest absolute Gasteiger partial charge is 0.291 e. The van der Waals surface area contributed by atoms with Crippen LogP contribution >= 0.6 is 0 Å². The van der Waals surface area contributed by atoms with Gasteiger partial charge in [0.25, 0.3) is 0 Å². The molecule has 0 saturated carbocycles. The highest BCUT2D eigenvalue weighted by Crippen LogP contribution is 2.43. The molecular formula is C40H24N6. The maximum atomic E-state index is 5.24. The van der Waals surface area contributed by atoms with Crippen LogP contribution in [0.2, 0.25) is 0 Å². The van der Waals surface area contributed by atoms with Gasteiger partial charge in [0.1, 0.15) is 5.82 Å². The molecule has 0 spiro atoms. The Morgan fingerprint density at radius 3 is 1.65 bits per heavy atom. The van der Waals surface area contributed by atoms with E-state index >= 15 is 0 Å². The van der Waals surface area contributed by atoms with Crippen LogP contribution in [0.25, 0.3) is 89.2 Å². The van der Waals surface area contributed by atoms with E-state index in [0.717, 1.165) is 66.3 Å². The minimum absolute atomic E-state index is 0.576. The van der Waals surface area contributed by atoms with E-state index in [2.05, 4.69) is 87.8 Å². The zero-order valence-electron chi connectivity index (χ0n) is 24.5. The van der Waals surface area contributed by atoms with Crippen molar-refractivity contribution in [1.29, 1.82) is 0 Å². The van der Waals surface area contributed by atoms with E-state index in [4.69, 9.17) is 19.9 Å². The van der Waals surface area contributed by atoms with E-state index in [1.54, 1.807) is 0 Å². The van der Waals surface area contributed by atoms with E-state index in [0.29, 0.717) is 17.6 Å². The first kappa shape index (κ1) is 25.0. The lowest BCUT2D eigenvalue weighted by molar-refractivity contribution is 0.954. The molecule has 4 heterocycles. The number of benzene rings is 6.